The molecule has 0 saturated heterocycles. The first-order valence-electron chi connectivity index (χ1n) is 6.01. The maximum absolute atomic E-state index is 5.64. The normalized spacial score (nSPS) is 13.1. The van der Waals surface area contributed by atoms with Gasteiger partial charge in [0.25, 0.3) is 0 Å². The summed E-state index contributed by atoms with van der Waals surface area (Å²) in [7, 11) is 0. The van der Waals surface area contributed by atoms with Crippen molar-refractivity contribution in [2.24, 2.45) is 0 Å². The summed E-state index contributed by atoms with van der Waals surface area (Å²) >= 11 is 0. The van der Waals surface area contributed by atoms with Crippen molar-refractivity contribution < 1.29 is 14.2 Å². The molecular formula is C13H19NO3. The summed E-state index contributed by atoms with van der Waals surface area (Å²) in [5.41, 5.74) is 0. The molecule has 94 valence electrons. The van der Waals surface area contributed by atoms with Crippen molar-refractivity contribution in [2.45, 2.75) is 26.3 Å². The van der Waals surface area contributed by atoms with E-state index in [-0.39, 0.29) is 0 Å². The molecule has 4 nitrogen and oxygen atoms in total. The molecule has 0 spiro atoms. The van der Waals surface area contributed by atoms with Crippen molar-refractivity contribution in [2.75, 3.05) is 19.9 Å². The second-order valence-electron chi connectivity index (χ2n) is 4.33. The van der Waals surface area contributed by atoms with E-state index in [9.17, 15) is 0 Å². The second-order valence-corrected chi connectivity index (χ2v) is 4.33. The van der Waals surface area contributed by atoms with Crippen LogP contribution in [0.25, 0.3) is 0 Å². The van der Waals surface area contributed by atoms with Gasteiger partial charge in [-0.25, -0.2) is 0 Å². The molecule has 4 heteroatoms. The Morgan fingerprint density at radius 2 is 2.12 bits per heavy atom. The predicted molar refractivity (Wildman–Crippen MR) is 65.8 cm³/mol. The van der Waals surface area contributed by atoms with Crippen molar-refractivity contribution in [1.82, 2.24) is 5.32 Å². The van der Waals surface area contributed by atoms with Gasteiger partial charge in [0.15, 0.2) is 11.5 Å². The van der Waals surface area contributed by atoms with Gasteiger partial charge in [-0.05, 0) is 25.1 Å². The number of rotatable bonds is 6. The monoisotopic (exact) mass is 237 g/mol. The minimum absolute atomic E-state index is 0.303. The number of benzene rings is 1. The molecule has 0 fully saturated rings. The third kappa shape index (κ3) is 3.53. The number of fused-ring (bicyclic) bond motifs is 1. The van der Waals surface area contributed by atoms with Gasteiger partial charge >= 0.3 is 0 Å². The summed E-state index contributed by atoms with van der Waals surface area (Å²) in [5, 5.41) is 3.35. The van der Waals surface area contributed by atoms with Gasteiger partial charge in [0.1, 0.15) is 5.75 Å². The number of hydrogen-bond donors (Lipinski definition) is 1. The Morgan fingerprint density at radius 3 is 2.94 bits per heavy atom. The third-order valence-corrected chi connectivity index (χ3v) is 2.49. The van der Waals surface area contributed by atoms with Crippen LogP contribution in [0.15, 0.2) is 18.2 Å². The van der Waals surface area contributed by atoms with Crippen molar-refractivity contribution in [3.63, 3.8) is 0 Å². The molecule has 1 N–H and O–H groups in total. The largest absolute Gasteiger partial charge is 0.493 e. The molecule has 0 atom stereocenters. The fourth-order valence-electron chi connectivity index (χ4n) is 1.62. The topological polar surface area (TPSA) is 39.7 Å². The molecule has 1 heterocycles. The molecule has 2 rings (SSSR count). The van der Waals surface area contributed by atoms with Gasteiger partial charge in [-0.1, -0.05) is 13.8 Å². The molecule has 0 saturated carbocycles. The molecule has 0 unspecified atom stereocenters. The fourth-order valence-corrected chi connectivity index (χ4v) is 1.62. The quantitative estimate of drug-likeness (QED) is 0.770. The van der Waals surface area contributed by atoms with Crippen molar-refractivity contribution in [3.05, 3.63) is 18.2 Å². The summed E-state index contributed by atoms with van der Waals surface area (Å²) in [6.45, 7) is 6.26. The van der Waals surface area contributed by atoms with Crippen LogP contribution in [-0.4, -0.2) is 26.0 Å². The minimum Gasteiger partial charge on any atom is -0.493 e. The maximum atomic E-state index is 5.64. The Labute approximate surface area is 102 Å². The standard InChI is InChI=1S/C13H19NO3/c1-10(2)14-6-3-7-15-11-4-5-12-13(8-11)17-9-16-12/h4-5,8,10,14H,3,6-7,9H2,1-2H3. The average molecular weight is 237 g/mol. The van der Waals surface area contributed by atoms with Gasteiger partial charge in [0.2, 0.25) is 6.79 Å². The first kappa shape index (κ1) is 12.0. The van der Waals surface area contributed by atoms with E-state index in [0.717, 1.165) is 30.2 Å². The molecular weight excluding hydrogens is 218 g/mol. The Bertz CT molecular complexity index is 366. The molecule has 1 aliphatic heterocycles. The van der Waals surface area contributed by atoms with Gasteiger partial charge in [0, 0.05) is 12.1 Å². The highest BCUT2D eigenvalue weighted by atomic mass is 16.7. The van der Waals surface area contributed by atoms with Gasteiger partial charge in [-0.2, -0.15) is 0 Å². The van der Waals surface area contributed by atoms with Crippen LogP contribution < -0.4 is 19.5 Å². The molecule has 1 aliphatic rings. The van der Waals surface area contributed by atoms with Crippen molar-refractivity contribution in [3.8, 4) is 17.2 Å². The maximum Gasteiger partial charge on any atom is 0.231 e. The van der Waals surface area contributed by atoms with E-state index in [4.69, 9.17) is 14.2 Å². The highest BCUT2D eigenvalue weighted by Crippen LogP contribution is 2.34. The van der Waals surface area contributed by atoms with Crippen LogP contribution in [-0.2, 0) is 0 Å². The number of hydrogen-bond acceptors (Lipinski definition) is 4. The summed E-state index contributed by atoms with van der Waals surface area (Å²) in [6.07, 6.45) is 0.993. The lowest BCUT2D eigenvalue weighted by Gasteiger charge is -2.09. The molecule has 0 aromatic heterocycles. The summed E-state index contributed by atoms with van der Waals surface area (Å²) in [4.78, 5) is 0. The molecule has 17 heavy (non-hydrogen) atoms. The highest BCUT2D eigenvalue weighted by Gasteiger charge is 2.13. The van der Waals surface area contributed by atoms with Crippen LogP contribution in [0.4, 0.5) is 0 Å². The van der Waals surface area contributed by atoms with E-state index < -0.39 is 0 Å². The van der Waals surface area contributed by atoms with Crippen LogP contribution in [0.5, 0.6) is 17.2 Å². The summed E-state index contributed by atoms with van der Waals surface area (Å²) in [5.74, 6) is 2.39. The van der Waals surface area contributed by atoms with Crippen LogP contribution >= 0.6 is 0 Å². The number of ether oxygens (including phenoxy) is 3. The zero-order valence-electron chi connectivity index (χ0n) is 10.4. The van der Waals surface area contributed by atoms with E-state index in [1.165, 1.54) is 0 Å². The first-order valence-corrected chi connectivity index (χ1v) is 6.01. The third-order valence-electron chi connectivity index (χ3n) is 2.49. The van der Waals surface area contributed by atoms with E-state index in [1.54, 1.807) is 0 Å². The van der Waals surface area contributed by atoms with Gasteiger partial charge in [-0.15, -0.1) is 0 Å². The Hall–Kier alpha value is -1.42. The van der Waals surface area contributed by atoms with Crippen LogP contribution in [0.3, 0.4) is 0 Å². The Balaban J connectivity index is 1.72. The molecule has 1 aromatic carbocycles. The van der Waals surface area contributed by atoms with Crippen molar-refractivity contribution in [1.29, 1.82) is 0 Å². The summed E-state index contributed by atoms with van der Waals surface area (Å²) < 4.78 is 16.2. The van der Waals surface area contributed by atoms with E-state index >= 15 is 0 Å². The van der Waals surface area contributed by atoms with Crippen molar-refractivity contribution >= 4 is 0 Å². The van der Waals surface area contributed by atoms with Gasteiger partial charge < -0.3 is 19.5 Å². The SMILES string of the molecule is CC(C)NCCCOc1ccc2c(c1)OCO2. The lowest BCUT2D eigenvalue weighted by molar-refractivity contribution is 0.173. The predicted octanol–water partition coefficient (Wildman–Crippen LogP) is 2.18. The Morgan fingerprint density at radius 1 is 1.29 bits per heavy atom. The zero-order chi connectivity index (χ0) is 12.1. The molecule has 1 aromatic rings. The lowest BCUT2D eigenvalue weighted by Crippen LogP contribution is -2.24. The summed E-state index contributed by atoms with van der Waals surface area (Å²) in [6, 6.07) is 6.19. The van der Waals surface area contributed by atoms with E-state index in [1.807, 2.05) is 18.2 Å². The van der Waals surface area contributed by atoms with Gasteiger partial charge in [0.05, 0.1) is 6.61 Å². The van der Waals surface area contributed by atoms with Crippen LogP contribution in [0.2, 0.25) is 0 Å². The molecule has 0 bridgehead atoms. The second kappa shape index (κ2) is 5.77. The Kier molecular flexibility index (Phi) is 4.09. The van der Waals surface area contributed by atoms with Gasteiger partial charge in [-0.3, -0.25) is 0 Å². The van der Waals surface area contributed by atoms with E-state index in [0.29, 0.717) is 19.4 Å². The zero-order valence-corrected chi connectivity index (χ0v) is 10.4. The fraction of sp³-hybridized carbons (Fsp3) is 0.538. The lowest BCUT2D eigenvalue weighted by atomic mass is 10.3. The molecule has 0 aliphatic carbocycles. The van der Waals surface area contributed by atoms with Crippen LogP contribution in [0.1, 0.15) is 20.3 Å². The van der Waals surface area contributed by atoms with E-state index in [2.05, 4.69) is 19.2 Å². The first-order chi connectivity index (χ1) is 8.25. The minimum atomic E-state index is 0.303. The smallest absolute Gasteiger partial charge is 0.231 e. The number of nitrogens with one attached hydrogen (secondary N) is 1. The van der Waals surface area contributed by atoms with Crippen LogP contribution in [0, 0.1) is 0 Å². The molecule has 0 amide bonds. The average Bonchev–Trinajstić information content (AvgIpc) is 2.75. The molecule has 0 radical (unpaired) electrons. The highest BCUT2D eigenvalue weighted by molar-refractivity contribution is 5.46.